The van der Waals surface area contributed by atoms with Gasteiger partial charge in [-0.2, -0.15) is 5.10 Å². The van der Waals surface area contributed by atoms with Crippen LogP contribution in [0.2, 0.25) is 0 Å². The van der Waals surface area contributed by atoms with Crippen LogP contribution in [0, 0.1) is 0 Å². The topological polar surface area (TPSA) is 30.9 Å². The molecule has 23 heavy (non-hydrogen) atoms. The van der Waals surface area contributed by atoms with Gasteiger partial charge in [0.15, 0.2) is 0 Å². The molecule has 4 nitrogen and oxygen atoms in total. The van der Waals surface area contributed by atoms with Crippen molar-refractivity contribution < 1.29 is 0 Å². The van der Waals surface area contributed by atoms with E-state index in [4.69, 9.17) is 0 Å². The Bertz CT molecular complexity index is 525. The Morgan fingerprint density at radius 3 is 2.26 bits per heavy atom. The van der Waals surface area contributed by atoms with Crippen molar-refractivity contribution >= 4 is 17.1 Å². The Labute approximate surface area is 141 Å². The monoisotopic (exact) mass is 314 g/mol. The Morgan fingerprint density at radius 2 is 1.70 bits per heavy atom. The van der Waals surface area contributed by atoms with Gasteiger partial charge < -0.3 is 10.2 Å². The third-order valence-corrected chi connectivity index (χ3v) is 3.60. The Morgan fingerprint density at radius 1 is 1.09 bits per heavy atom. The number of hydrazone groups is 1. The number of anilines is 2. The van der Waals surface area contributed by atoms with Gasteiger partial charge in [-0.05, 0) is 57.3 Å². The third-order valence-electron chi connectivity index (χ3n) is 3.60. The molecule has 4 heteroatoms. The van der Waals surface area contributed by atoms with E-state index in [0.717, 1.165) is 30.9 Å². The molecule has 1 aromatic carbocycles. The summed E-state index contributed by atoms with van der Waals surface area (Å²) in [5.41, 5.74) is 3.43. The summed E-state index contributed by atoms with van der Waals surface area (Å²) in [5.74, 6) is 0. The molecule has 0 radical (unpaired) electrons. The lowest BCUT2D eigenvalue weighted by Crippen LogP contribution is -2.21. The van der Waals surface area contributed by atoms with Crippen molar-refractivity contribution in [1.29, 1.82) is 0 Å². The predicted molar refractivity (Wildman–Crippen MR) is 103 cm³/mol. The van der Waals surface area contributed by atoms with Gasteiger partial charge in [0.2, 0.25) is 0 Å². The number of rotatable bonds is 9. The molecule has 0 saturated heterocycles. The van der Waals surface area contributed by atoms with Gasteiger partial charge in [0, 0.05) is 45.0 Å². The van der Waals surface area contributed by atoms with Crippen molar-refractivity contribution in [3.63, 3.8) is 0 Å². The first-order valence-corrected chi connectivity index (χ1v) is 8.24. The normalized spacial score (nSPS) is 12.1. The molecule has 1 aromatic rings. The van der Waals surface area contributed by atoms with Crippen LogP contribution in [0.1, 0.15) is 27.2 Å². The molecule has 0 unspecified atom stereocenters. The molecule has 0 fully saturated rings. The molecule has 1 rings (SSSR count). The fourth-order valence-electron chi connectivity index (χ4n) is 2.29. The molecule has 0 bridgehead atoms. The Balaban J connectivity index is 2.66. The zero-order valence-corrected chi connectivity index (χ0v) is 15.1. The highest BCUT2D eigenvalue weighted by Crippen LogP contribution is 2.20. The lowest BCUT2D eigenvalue weighted by atomic mass is 10.2. The second-order valence-electron chi connectivity index (χ2n) is 5.33. The number of nitrogens with zero attached hydrogens (tertiary/aromatic N) is 3. The zero-order chi connectivity index (χ0) is 17.1. The van der Waals surface area contributed by atoms with Gasteiger partial charge in [-0.25, -0.2) is 0 Å². The first-order chi connectivity index (χ1) is 11.1. The Hall–Kier alpha value is -2.23. The maximum Gasteiger partial charge on any atom is 0.0592 e. The molecule has 0 aliphatic carbocycles. The molecule has 0 aliphatic rings. The number of hydrogen-bond acceptors (Lipinski definition) is 4. The summed E-state index contributed by atoms with van der Waals surface area (Å²) in [7, 11) is 3.87. The fourth-order valence-corrected chi connectivity index (χ4v) is 2.29. The summed E-state index contributed by atoms with van der Waals surface area (Å²) in [4.78, 5) is 2.34. The van der Waals surface area contributed by atoms with Gasteiger partial charge >= 0.3 is 0 Å². The van der Waals surface area contributed by atoms with E-state index in [1.165, 1.54) is 5.69 Å². The predicted octanol–water partition coefficient (Wildman–Crippen LogP) is 4.02. The summed E-state index contributed by atoms with van der Waals surface area (Å²) in [5, 5.41) is 9.51. The highest BCUT2D eigenvalue weighted by atomic mass is 15.4. The van der Waals surface area contributed by atoms with E-state index in [9.17, 15) is 0 Å². The maximum absolute atomic E-state index is 4.63. The number of hydrogen-bond donors (Lipinski definition) is 1. The first kappa shape index (κ1) is 18.8. The molecular weight excluding hydrogens is 284 g/mol. The third kappa shape index (κ3) is 6.59. The van der Waals surface area contributed by atoms with Crippen LogP contribution in [0.15, 0.2) is 53.8 Å². The molecule has 0 heterocycles. The minimum absolute atomic E-state index is 0.843. The van der Waals surface area contributed by atoms with E-state index < -0.39 is 0 Å². The van der Waals surface area contributed by atoms with Crippen LogP contribution >= 0.6 is 0 Å². The zero-order valence-electron chi connectivity index (χ0n) is 15.1. The van der Waals surface area contributed by atoms with Gasteiger partial charge in [0.25, 0.3) is 0 Å². The summed E-state index contributed by atoms with van der Waals surface area (Å²) in [6.45, 7) is 8.45. The van der Waals surface area contributed by atoms with Crippen LogP contribution < -0.4 is 15.2 Å². The first-order valence-electron chi connectivity index (χ1n) is 8.24. The van der Waals surface area contributed by atoms with E-state index >= 15 is 0 Å². The van der Waals surface area contributed by atoms with Crippen LogP contribution in [-0.4, -0.2) is 32.9 Å². The minimum Gasteiger partial charge on any atom is -0.394 e. The van der Waals surface area contributed by atoms with Crippen molar-refractivity contribution in [2.75, 3.05) is 37.1 Å². The molecule has 0 saturated carbocycles. The number of benzene rings is 1. The smallest absolute Gasteiger partial charge is 0.0592 e. The van der Waals surface area contributed by atoms with Gasteiger partial charge in [-0.15, -0.1) is 0 Å². The van der Waals surface area contributed by atoms with Crippen LogP contribution in [-0.2, 0) is 0 Å². The second-order valence-corrected chi connectivity index (χ2v) is 5.33. The molecule has 0 amide bonds. The van der Waals surface area contributed by atoms with Gasteiger partial charge in [-0.1, -0.05) is 12.2 Å². The fraction of sp³-hybridized carbons (Fsp3) is 0.421. The number of nitrogens with one attached hydrogen (secondary N) is 1. The lowest BCUT2D eigenvalue weighted by Gasteiger charge is -2.22. The van der Waals surface area contributed by atoms with E-state index in [2.05, 4.69) is 59.5 Å². The van der Waals surface area contributed by atoms with Crippen LogP contribution in [0.25, 0.3) is 0 Å². The van der Waals surface area contributed by atoms with Gasteiger partial charge in [0.05, 0.1) is 5.69 Å². The van der Waals surface area contributed by atoms with Crippen molar-refractivity contribution in [2.24, 2.45) is 5.10 Å². The van der Waals surface area contributed by atoms with Crippen LogP contribution in [0.3, 0.4) is 0 Å². The van der Waals surface area contributed by atoms with E-state index in [1.807, 2.05) is 44.4 Å². The molecular formula is C19H30N4. The van der Waals surface area contributed by atoms with E-state index in [1.54, 1.807) is 0 Å². The minimum atomic E-state index is 0.843. The molecule has 1 N–H and O–H groups in total. The molecule has 0 spiro atoms. The molecule has 126 valence electrons. The molecule has 0 aliphatic heterocycles. The summed E-state index contributed by atoms with van der Waals surface area (Å²) in [6.07, 6.45) is 8.84. The average Bonchev–Trinajstić information content (AvgIpc) is 2.56. The molecule has 0 aromatic heterocycles. The van der Waals surface area contributed by atoms with Crippen molar-refractivity contribution in [3.05, 3.63) is 48.7 Å². The highest BCUT2D eigenvalue weighted by molar-refractivity contribution is 5.84. The average molecular weight is 314 g/mol. The summed E-state index contributed by atoms with van der Waals surface area (Å²) in [6, 6.07) is 8.56. The van der Waals surface area contributed by atoms with E-state index in [0.29, 0.717) is 0 Å². The van der Waals surface area contributed by atoms with Crippen LogP contribution in [0.4, 0.5) is 11.4 Å². The van der Waals surface area contributed by atoms with Crippen molar-refractivity contribution in [3.8, 4) is 0 Å². The lowest BCUT2D eigenvalue weighted by molar-refractivity contribution is 0.866. The summed E-state index contributed by atoms with van der Waals surface area (Å²) >= 11 is 0. The quantitative estimate of drug-likeness (QED) is 0.424. The standard InChI is InChI=1S/C19H30N4/c1-6-23(7-2)19-14-12-18(13-15-19)22(5)21-17(3)11-9-8-10-16-20-4/h8-10,12-16,20H,6-7,11H2,1-5H3/b9-8-,16-10-,21-17+. The largest absolute Gasteiger partial charge is 0.394 e. The van der Waals surface area contributed by atoms with Crippen LogP contribution in [0.5, 0.6) is 0 Å². The summed E-state index contributed by atoms with van der Waals surface area (Å²) < 4.78 is 0. The van der Waals surface area contributed by atoms with Gasteiger partial charge in [-0.3, -0.25) is 5.01 Å². The SMILES string of the molecule is CCN(CC)c1ccc(N(C)/N=C(\C)C/C=C\C=C/NC)cc1. The molecule has 0 atom stereocenters. The van der Waals surface area contributed by atoms with Gasteiger partial charge in [0.1, 0.15) is 0 Å². The highest BCUT2D eigenvalue weighted by Gasteiger charge is 2.03. The maximum atomic E-state index is 4.63. The van der Waals surface area contributed by atoms with E-state index in [-0.39, 0.29) is 0 Å². The number of allylic oxidation sites excluding steroid dienone is 3. The second kappa shape index (κ2) is 10.5. The van der Waals surface area contributed by atoms with Crippen molar-refractivity contribution in [1.82, 2.24) is 5.32 Å². The van der Waals surface area contributed by atoms with Crippen molar-refractivity contribution in [2.45, 2.75) is 27.2 Å². The Kier molecular flexibility index (Phi) is 8.58.